The molecule has 2 N–H and O–H groups in total. The summed E-state index contributed by atoms with van der Waals surface area (Å²) in [5, 5.41) is 10.8. The van der Waals surface area contributed by atoms with Gasteiger partial charge in [-0.2, -0.15) is 0 Å². The second-order valence-corrected chi connectivity index (χ2v) is 3.10. The maximum Gasteiger partial charge on any atom is 0.341 e. The fourth-order valence-corrected chi connectivity index (χ4v) is 1.33. The molecule has 1 aromatic rings. The molecule has 0 saturated heterocycles. The van der Waals surface area contributed by atoms with E-state index in [1.807, 2.05) is 0 Å². The Morgan fingerprint density at radius 1 is 1.53 bits per heavy atom. The van der Waals surface area contributed by atoms with Gasteiger partial charge in [0.15, 0.2) is 0 Å². The van der Waals surface area contributed by atoms with Gasteiger partial charge >= 0.3 is 11.7 Å². The summed E-state index contributed by atoms with van der Waals surface area (Å²) in [7, 11) is 1.17. The number of hydrogen-bond acceptors (Lipinski definition) is 6. The van der Waals surface area contributed by atoms with Crippen LogP contribution in [0.4, 0.5) is 11.4 Å². The van der Waals surface area contributed by atoms with Crippen LogP contribution in [0.5, 0.6) is 5.75 Å². The minimum absolute atomic E-state index is 0.0546. The summed E-state index contributed by atoms with van der Waals surface area (Å²) in [5.41, 5.74) is 5.18. The summed E-state index contributed by atoms with van der Waals surface area (Å²) in [4.78, 5) is 21.6. The van der Waals surface area contributed by atoms with Crippen molar-refractivity contribution < 1.29 is 19.2 Å². The van der Waals surface area contributed by atoms with Gasteiger partial charge in [0.2, 0.25) is 5.75 Å². The third kappa shape index (κ3) is 2.63. The Balaban J connectivity index is 3.45. The maximum atomic E-state index is 11.5. The van der Waals surface area contributed by atoms with E-state index in [9.17, 15) is 14.9 Å². The lowest BCUT2D eigenvalue weighted by atomic mass is 10.1. The predicted molar refractivity (Wildman–Crippen MR) is 60.0 cm³/mol. The van der Waals surface area contributed by atoms with Crippen molar-refractivity contribution in [3.05, 3.63) is 27.8 Å². The van der Waals surface area contributed by atoms with Crippen molar-refractivity contribution in [3.8, 4) is 5.75 Å². The highest BCUT2D eigenvalue weighted by Crippen LogP contribution is 2.34. The summed E-state index contributed by atoms with van der Waals surface area (Å²) in [5.74, 6) is -0.859. The van der Waals surface area contributed by atoms with E-state index in [2.05, 4.69) is 4.74 Å². The first kappa shape index (κ1) is 12.8. The predicted octanol–water partition coefficient (Wildman–Crippen LogP) is 1.36. The van der Waals surface area contributed by atoms with Gasteiger partial charge < -0.3 is 15.2 Å². The summed E-state index contributed by atoms with van der Waals surface area (Å²) in [6, 6.07) is 2.42. The van der Waals surface area contributed by atoms with Crippen molar-refractivity contribution in [2.75, 3.05) is 19.5 Å². The second-order valence-electron chi connectivity index (χ2n) is 3.10. The number of hydrogen-bond donors (Lipinski definition) is 1. The van der Waals surface area contributed by atoms with Crippen molar-refractivity contribution in [3.63, 3.8) is 0 Å². The van der Waals surface area contributed by atoms with Gasteiger partial charge in [-0.15, -0.1) is 0 Å². The van der Waals surface area contributed by atoms with Crippen LogP contribution in [-0.4, -0.2) is 24.6 Å². The molecule has 1 aromatic carbocycles. The van der Waals surface area contributed by atoms with Gasteiger partial charge in [0.05, 0.1) is 18.6 Å². The molecule has 0 aliphatic rings. The van der Waals surface area contributed by atoms with Crippen molar-refractivity contribution in [1.29, 1.82) is 0 Å². The number of nitro groups is 1. The first-order valence-corrected chi connectivity index (χ1v) is 4.80. The average molecular weight is 240 g/mol. The van der Waals surface area contributed by atoms with E-state index in [0.717, 1.165) is 6.07 Å². The summed E-state index contributed by atoms with van der Waals surface area (Å²) in [6.45, 7) is 1.84. The van der Waals surface area contributed by atoms with Crippen LogP contribution < -0.4 is 10.5 Å². The number of benzene rings is 1. The second kappa shape index (κ2) is 5.15. The van der Waals surface area contributed by atoms with E-state index >= 15 is 0 Å². The minimum atomic E-state index is -0.733. The lowest BCUT2D eigenvalue weighted by Crippen LogP contribution is -2.09. The van der Waals surface area contributed by atoms with Gasteiger partial charge in [-0.3, -0.25) is 10.1 Å². The molecule has 0 aromatic heterocycles. The van der Waals surface area contributed by atoms with E-state index in [-0.39, 0.29) is 29.3 Å². The van der Waals surface area contributed by atoms with Crippen molar-refractivity contribution in [2.24, 2.45) is 0 Å². The van der Waals surface area contributed by atoms with Crippen LogP contribution in [0, 0.1) is 10.1 Å². The highest BCUT2D eigenvalue weighted by atomic mass is 16.6. The fourth-order valence-electron chi connectivity index (χ4n) is 1.33. The summed E-state index contributed by atoms with van der Waals surface area (Å²) < 4.78 is 9.63. The molecule has 17 heavy (non-hydrogen) atoms. The molecule has 0 aliphatic carbocycles. The fraction of sp³-hybridized carbons (Fsp3) is 0.300. The summed E-state index contributed by atoms with van der Waals surface area (Å²) >= 11 is 0. The number of nitrogen functional groups attached to an aromatic ring is 1. The Bertz CT molecular complexity index is 458. The minimum Gasteiger partial charge on any atom is -0.487 e. The molecule has 0 spiro atoms. The smallest absolute Gasteiger partial charge is 0.341 e. The number of anilines is 1. The summed E-state index contributed by atoms with van der Waals surface area (Å²) in [6.07, 6.45) is 0. The third-order valence-electron chi connectivity index (χ3n) is 1.98. The number of carbonyl (C=O) groups excluding carboxylic acids is 1. The molecule has 7 nitrogen and oxygen atoms in total. The number of nitrogens with zero attached hydrogens (tertiary/aromatic N) is 1. The molecule has 7 heteroatoms. The Morgan fingerprint density at radius 2 is 2.18 bits per heavy atom. The van der Waals surface area contributed by atoms with Crippen LogP contribution in [0.2, 0.25) is 0 Å². The van der Waals surface area contributed by atoms with E-state index in [4.69, 9.17) is 10.5 Å². The molecule has 0 unspecified atom stereocenters. The quantitative estimate of drug-likeness (QED) is 0.368. The lowest BCUT2D eigenvalue weighted by Gasteiger charge is -2.09. The number of carbonyl (C=O) groups is 1. The van der Waals surface area contributed by atoms with E-state index in [0.29, 0.717) is 0 Å². The number of ether oxygens (including phenoxy) is 2. The Labute approximate surface area is 97.3 Å². The van der Waals surface area contributed by atoms with Gasteiger partial charge in [0.1, 0.15) is 5.56 Å². The standard InChI is InChI=1S/C10H12N2O5/c1-3-17-9-7(10(13)16-2)4-6(11)5-8(9)12(14)15/h4-5H,3,11H2,1-2H3. The maximum absolute atomic E-state index is 11.5. The van der Waals surface area contributed by atoms with Crippen LogP contribution >= 0.6 is 0 Å². The van der Waals surface area contributed by atoms with Crippen LogP contribution in [-0.2, 0) is 4.74 Å². The molecule has 1 rings (SSSR count). The Kier molecular flexibility index (Phi) is 3.86. The van der Waals surface area contributed by atoms with Crippen LogP contribution in [0.3, 0.4) is 0 Å². The zero-order valence-corrected chi connectivity index (χ0v) is 9.43. The third-order valence-corrected chi connectivity index (χ3v) is 1.98. The van der Waals surface area contributed by atoms with Crippen LogP contribution in [0.15, 0.2) is 12.1 Å². The molecule has 0 fully saturated rings. The highest BCUT2D eigenvalue weighted by Gasteiger charge is 2.25. The van der Waals surface area contributed by atoms with Crippen molar-refractivity contribution in [1.82, 2.24) is 0 Å². The molecule has 0 amide bonds. The van der Waals surface area contributed by atoms with Crippen LogP contribution in [0.1, 0.15) is 17.3 Å². The number of esters is 1. The molecule has 0 radical (unpaired) electrons. The number of nitrogens with two attached hydrogens (primary N) is 1. The largest absolute Gasteiger partial charge is 0.487 e. The van der Waals surface area contributed by atoms with E-state index in [1.165, 1.54) is 13.2 Å². The Morgan fingerprint density at radius 3 is 2.65 bits per heavy atom. The molecular formula is C10H12N2O5. The Hall–Kier alpha value is -2.31. The highest BCUT2D eigenvalue weighted by molar-refractivity contribution is 5.95. The number of rotatable bonds is 4. The zero-order chi connectivity index (χ0) is 13.0. The van der Waals surface area contributed by atoms with Crippen molar-refractivity contribution in [2.45, 2.75) is 6.92 Å². The monoisotopic (exact) mass is 240 g/mol. The molecule has 0 heterocycles. The molecular weight excluding hydrogens is 228 g/mol. The van der Waals surface area contributed by atoms with E-state index in [1.54, 1.807) is 6.92 Å². The SMILES string of the molecule is CCOc1c(C(=O)OC)cc(N)cc1[N+](=O)[O-]. The van der Waals surface area contributed by atoms with Gasteiger partial charge in [0.25, 0.3) is 0 Å². The van der Waals surface area contributed by atoms with Gasteiger partial charge in [-0.05, 0) is 13.0 Å². The van der Waals surface area contributed by atoms with Gasteiger partial charge in [-0.25, -0.2) is 4.79 Å². The molecule has 0 atom stereocenters. The van der Waals surface area contributed by atoms with Crippen molar-refractivity contribution >= 4 is 17.3 Å². The first-order valence-electron chi connectivity index (χ1n) is 4.80. The molecule has 92 valence electrons. The van der Waals surface area contributed by atoms with E-state index < -0.39 is 10.9 Å². The average Bonchev–Trinajstić information content (AvgIpc) is 2.29. The van der Waals surface area contributed by atoms with Crippen LogP contribution in [0.25, 0.3) is 0 Å². The van der Waals surface area contributed by atoms with Gasteiger partial charge in [0, 0.05) is 11.8 Å². The molecule has 0 aliphatic heterocycles. The normalized spacial score (nSPS) is 9.76. The molecule has 0 bridgehead atoms. The van der Waals surface area contributed by atoms with Gasteiger partial charge in [-0.1, -0.05) is 0 Å². The first-order chi connectivity index (χ1) is 8.01. The lowest BCUT2D eigenvalue weighted by molar-refractivity contribution is -0.385. The topological polar surface area (TPSA) is 105 Å². The number of methoxy groups -OCH3 is 1. The zero-order valence-electron chi connectivity index (χ0n) is 9.43. The number of nitro benzene ring substituents is 1. The molecule has 0 saturated carbocycles.